The Kier molecular flexibility index (Phi) is 8.82. The number of anilines is 1. The number of carbonyl (C=O) groups excluding carboxylic acids is 3. The molecule has 0 bridgehead atoms. The summed E-state index contributed by atoms with van der Waals surface area (Å²) in [7, 11) is 0. The molecule has 0 fully saturated rings. The molecule has 0 unspecified atom stereocenters. The number of amides is 3. The highest BCUT2D eigenvalue weighted by Crippen LogP contribution is 2.26. The van der Waals surface area contributed by atoms with Gasteiger partial charge in [-0.3, -0.25) is 14.4 Å². The summed E-state index contributed by atoms with van der Waals surface area (Å²) in [6, 6.07) is 8.20. The summed E-state index contributed by atoms with van der Waals surface area (Å²) in [5.74, 6) is -2.50. The molecule has 0 aliphatic carbocycles. The maximum Gasteiger partial charge on any atom is 0.246 e. The van der Waals surface area contributed by atoms with E-state index in [1.165, 1.54) is 42.5 Å². The molecule has 0 saturated carbocycles. The predicted octanol–water partition coefficient (Wildman–Crippen LogP) is 2.39. The van der Waals surface area contributed by atoms with E-state index in [0.717, 1.165) is 6.07 Å². The Balaban J connectivity index is 1.60. The van der Waals surface area contributed by atoms with E-state index in [-0.39, 0.29) is 30.4 Å². The van der Waals surface area contributed by atoms with Crippen LogP contribution in [0.2, 0.25) is 0 Å². The van der Waals surface area contributed by atoms with Crippen molar-refractivity contribution in [2.45, 2.75) is 32.4 Å². The molecule has 0 radical (unpaired) electrons. The lowest BCUT2D eigenvalue weighted by Crippen LogP contribution is -2.45. The summed E-state index contributed by atoms with van der Waals surface area (Å²) in [6.07, 6.45) is 3.41. The molecule has 1 heterocycles. The molecule has 0 aliphatic rings. The van der Waals surface area contributed by atoms with E-state index >= 15 is 0 Å². The van der Waals surface area contributed by atoms with Crippen LogP contribution in [0.25, 0.3) is 0 Å². The van der Waals surface area contributed by atoms with Crippen molar-refractivity contribution in [3.8, 4) is 11.5 Å². The molecule has 12 heteroatoms. The number of nitrogens with one attached hydrogen (secondary N) is 3. The molecule has 3 amide bonds. The Morgan fingerprint density at radius 2 is 1.89 bits per heavy atom. The van der Waals surface area contributed by atoms with Crippen LogP contribution in [0, 0.1) is 11.6 Å². The number of hydrogen-bond acceptors (Lipinski definition) is 6. The minimum atomic E-state index is -0.871. The zero-order chi connectivity index (χ0) is 25.2. The van der Waals surface area contributed by atoms with E-state index in [9.17, 15) is 23.2 Å². The van der Waals surface area contributed by atoms with Gasteiger partial charge in [-0.25, -0.2) is 18.4 Å². The van der Waals surface area contributed by atoms with Gasteiger partial charge in [-0.15, -0.1) is 0 Å². The van der Waals surface area contributed by atoms with Crippen molar-refractivity contribution in [3.05, 3.63) is 66.8 Å². The third-order valence-corrected chi connectivity index (χ3v) is 4.71. The van der Waals surface area contributed by atoms with Gasteiger partial charge in [0.2, 0.25) is 17.7 Å². The fraction of sp³-hybridized carbons (Fsp3) is 0.261. The van der Waals surface area contributed by atoms with E-state index in [0.29, 0.717) is 24.7 Å². The van der Waals surface area contributed by atoms with Gasteiger partial charge in [0.05, 0.1) is 0 Å². The van der Waals surface area contributed by atoms with Crippen LogP contribution in [-0.2, 0) is 20.9 Å². The Labute approximate surface area is 199 Å². The zero-order valence-electron chi connectivity index (χ0n) is 18.8. The van der Waals surface area contributed by atoms with Gasteiger partial charge in [0.1, 0.15) is 36.8 Å². The highest BCUT2D eigenvalue weighted by Gasteiger charge is 2.21. The number of benzene rings is 2. The highest BCUT2D eigenvalue weighted by molar-refractivity contribution is 5.97. The van der Waals surface area contributed by atoms with Crippen molar-refractivity contribution in [2.24, 2.45) is 0 Å². The van der Waals surface area contributed by atoms with Crippen LogP contribution in [0.15, 0.2) is 55.1 Å². The molecule has 184 valence electrons. The van der Waals surface area contributed by atoms with E-state index in [4.69, 9.17) is 4.74 Å². The summed E-state index contributed by atoms with van der Waals surface area (Å²) in [4.78, 5) is 40.1. The monoisotopic (exact) mass is 486 g/mol. The van der Waals surface area contributed by atoms with Gasteiger partial charge in [-0.05, 0) is 49.2 Å². The van der Waals surface area contributed by atoms with Crippen LogP contribution < -0.4 is 20.7 Å². The SMILES string of the molecule is CC(=O)NCCC[C@H](NC(=O)Cn1cncn1)C(=O)Nc1ccc(Oc2ccc(F)cc2F)cc1. The van der Waals surface area contributed by atoms with Crippen molar-refractivity contribution in [2.75, 3.05) is 11.9 Å². The quantitative estimate of drug-likeness (QED) is 0.357. The maximum absolute atomic E-state index is 13.8. The van der Waals surface area contributed by atoms with Crippen molar-refractivity contribution < 1.29 is 27.9 Å². The molecule has 1 aromatic heterocycles. The van der Waals surface area contributed by atoms with Crippen LogP contribution in [0.1, 0.15) is 19.8 Å². The fourth-order valence-electron chi connectivity index (χ4n) is 3.06. The number of hydrogen-bond donors (Lipinski definition) is 3. The molecule has 0 saturated heterocycles. The average molecular weight is 486 g/mol. The van der Waals surface area contributed by atoms with E-state index < -0.39 is 29.5 Å². The summed E-state index contributed by atoms with van der Waals surface area (Å²) < 4.78 is 33.6. The second-order valence-corrected chi connectivity index (χ2v) is 7.53. The number of nitrogens with zero attached hydrogens (tertiary/aromatic N) is 3. The lowest BCUT2D eigenvalue weighted by molar-refractivity contribution is -0.127. The van der Waals surface area contributed by atoms with Gasteiger partial charge in [-0.2, -0.15) is 5.10 Å². The fourth-order valence-corrected chi connectivity index (χ4v) is 3.06. The lowest BCUT2D eigenvalue weighted by Gasteiger charge is -2.19. The smallest absolute Gasteiger partial charge is 0.246 e. The normalized spacial score (nSPS) is 11.4. The minimum absolute atomic E-state index is 0.110. The van der Waals surface area contributed by atoms with E-state index in [2.05, 4.69) is 26.0 Å². The van der Waals surface area contributed by atoms with Crippen LogP contribution in [-0.4, -0.2) is 45.1 Å². The Bertz CT molecular complexity index is 1160. The molecule has 3 rings (SSSR count). The first-order chi connectivity index (χ1) is 16.8. The van der Waals surface area contributed by atoms with Crippen molar-refractivity contribution in [1.82, 2.24) is 25.4 Å². The molecular weight excluding hydrogens is 462 g/mol. The average Bonchev–Trinajstić information content (AvgIpc) is 3.31. The van der Waals surface area contributed by atoms with Crippen molar-refractivity contribution in [1.29, 1.82) is 0 Å². The second-order valence-electron chi connectivity index (χ2n) is 7.53. The van der Waals surface area contributed by atoms with E-state index in [1.807, 2.05) is 0 Å². The van der Waals surface area contributed by atoms with Crippen LogP contribution in [0.4, 0.5) is 14.5 Å². The second kappa shape index (κ2) is 12.2. The van der Waals surface area contributed by atoms with Crippen LogP contribution >= 0.6 is 0 Å². The number of carbonyl (C=O) groups is 3. The van der Waals surface area contributed by atoms with Gasteiger partial charge in [0.15, 0.2) is 11.6 Å². The summed E-state index contributed by atoms with van der Waals surface area (Å²) in [5.41, 5.74) is 0.416. The molecule has 3 N–H and O–H groups in total. The van der Waals surface area contributed by atoms with Gasteiger partial charge in [0, 0.05) is 25.2 Å². The van der Waals surface area contributed by atoms with Gasteiger partial charge in [-0.1, -0.05) is 0 Å². The number of ether oxygens (including phenoxy) is 1. The molecule has 2 aromatic carbocycles. The molecule has 1 atom stereocenters. The van der Waals surface area contributed by atoms with Gasteiger partial charge >= 0.3 is 0 Å². The first-order valence-electron chi connectivity index (χ1n) is 10.7. The maximum atomic E-state index is 13.8. The largest absolute Gasteiger partial charge is 0.454 e. The molecule has 3 aromatic rings. The van der Waals surface area contributed by atoms with Gasteiger partial charge < -0.3 is 20.7 Å². The lowest BCUT2D eigenvalue weighted by atomic mass is 10.1. The number of rotatable bonds is 11. The van der Waals surface area contributed by atoms with E-state index in [1.54, 1.807) is 12.1 Å². The number of halogens is 2. The summed E-state index contributed by atoms with van der Waals surface area (Å²) >= 11 is 0. The highest BCUT2D eigenvalue weighted by atomic mass is 19.1. The third kappa shape index (κ3) is 8.18. The number of aromatic nitrogens is 3. The Hall–Kier alpha value is -4.35. The third-order valence-electron chi connectivity index (χ3n) is 4.71. The Morgan fingerprint density at radius 1 is 1.11 bits per heavy atom. The topological polar surface area (TPSA) is 127 Å². The first-order valence-corrected chi connectivity index (χ1v) is 10.7. The Morgan fingerprint density at radius 3 is 2.54 bits per heavy atom. The summed E-state index contributed by atoms with van der Waals surface area (Å²) in [6.45, 7) is 1.63. The first kappa shape index (κ1) is 25.3. The molecule has 10 nitrogen and oxygen atoms in total. The molecule has 35 heavy (non-hydrogen) atoms. The van der Waals surface area contributed by atoms with Crippen LogP contribution in [0.5, 0.6) is 11.5 Å². The standard InChI is InChI=1S/C23H24F2N6O4/c1-15(32)27-10-2-3-20(30-22(33)12-31-14-26-13-28-31)23(34)29-17-5-7-18(8-6-17)35-21-9-4-16(24)11-19(21)25/h4-9,11,13-14,20H,2-3,10,12H2,1H3,(H,27,32)(H,29,34)(H,30,33)/t20-/m0/s1. The molecule has 0 aliphatic heterocycles. The van der Waals surface area contributed by atoms with Crippen molar-refractivity contribution >= 4 is 23.4 Å². The zero-order valence-corrected chi connectivity index (χ0v) is 18.8. The molecular formula is C23H24F2N6O4. The summed E-state index contributed by atoms with van der Waals surface area (Å²) in [5, 5.41) is 11.9. The van der Waals surface area contributed by atoms with Crippen LogP contribution in [0.3, 0.4) is 0 Å². The predicted molar refractivity (Wildman–Crippen MR) is 121 cm³/mol. The minimum Gasteiger partial charge on any atom is -0.454 e. The molecule has 0 spiro atoms. The van der Waals surface area contributed by atoms with Gasteiger partial charge in [0.25, 0.3) is 0 Å². The van der Waals surface area contributed by atoms with Crippen molar-refractivity contribution in [3.63, 3.8) is 0 Å².